The van der Waals surface area contributed by atoms with Crippen LogP contribution in [0.1, 0.15) is 61.4 Å². The summed E-state index contributed by atoms with van der Waals surface area (Å²) in [7, 11) is 0. The molecular weight excluding hydrogens is 447 g/mol. The lowest BCUT2D eigenvalue weighted by molar-refractivity contribution is -0.0900. The van der Waals surface area contributed by atoms with E-state index in [0.717, 1.165) is 57.6 Å². The first kappa shape index (κ1) is 25.6. The molecule has 1 aliphatic carbocycles. The van der Waals surface area contributed by atoms with Gasteiger partial charge in [0.05, 0.1) is 17.3 Å². The highest BCUT2D eigenvalue weighted by atomic mass is 19.4. The highest BCUT2D eigenvalue weighted by Gasteiger charge is 2.36. The molecule has 1 aliphatic heterocycles. The van der Waals surface area contributed by atoms with Crippen LogP contribution in [0.2, 0.25) is 0 Å². The Morgan fingerprint density at radius 2 is 1.77 bits per heavy atom. The van der Waals surface area contributed by atoms with Crippen LogP contribution in [0.5, 0.6) is 0 Å². The summed E-state index contributed by atoms with van der Waals surface area (Å²) < 4.78 is 39.8. The molecule has 3 nitrogen and oxygen atoms in total. The number of alkyl halides is 3. The molecule has 1 fully saturated rings. The van der Waals surface area contributed by atoms with Gasteiger partial charge in [-0.15, -0.1) is 0 Å². The van der Waals surface area contributed by atoms with Crippen molar-refractivity contribution in [3.8, 4) is 0 Å². The Morgan fingerprint density at radius 3 is 2.46 bits per heavy atom. The van der Waals surface area contributed by atoms with Crippen molar-refractivity contribution >= 4 is 0 Å². The van der Waals surface area contributed by atoms with Gasteiger partial charge in [0.2, 0.25) is 0 Å². The van der Waals surface area contributed by atoms with E-state index in [9.17, 15) is 13.2 Å². The largest absolute Gasteiger partial charge is 0.416 e. The standard InChI is InChI=1S/C29H36F3N3/c1-22-11-13-25(14-12-22)28(27-10-4-5-17-33-27)34-21-23-15-19-35(20-16-23)18-6-8-24-7-2-3-9-26(24)29(30,31)32/h4-5,7,9-14,17,23,28,34H,2-3,6,8,15-16,18-21H2,1H3. The van der Waals surface area contributed by atoms with Gasteiger partial charge in [0.15, 0.2) is 0 Å². The molecule has 2 aromatic rings. The summed E-state index contributed by atoms with van der Waals surface area (Å²) in [4.78, 5) is 7.01. The molecule has 2 aliphatic rings. The second-order valence-corrected chi connectivity index (χ2v) is 9.82. The number of piperidine rings is 1. The Morgan fingerprint density at radius 1 is 1.03 bits per heavy atom. The van der Waals surface area contributed by atoms with E-state index in [-0.39, 0.29) is 6.04 Å². The van der Waals surface area contributed by atoms with Gasteiger partial charge in [-0.05, 0) is 101 Å². The fourth-order valence-corrected chi connectivity index (χ4v) is 5.15. The van der Waals surface area contributed by atoms with Crippen LogP contribution in [0, 0.1) is 12.8 Å². The van der Waals surface area contributed by atoms with Crippen molar-refractivity contribution in [3.05, 3.63) is 88.8 Å². The SMILES string of the molecule is Cc1ccc(C(NCC2CCN(CCCC3=CCCC=C3C(F)(F)F)CC2)c2ccccn2)cc1. The number of hydrogen-bond acceptors (Lipinski definition) is 3. The lowest BCUT2D eigenvalue weighted by atomic mass is 9.93. The molecule has 6 heteroatoms. The lowest BCUT2D eigenvalue weighted by Gasteiger charge is -2.33. The van der Waals surface area contributed by atoms with E-state index in [1.54, 1.807) is 6.08 Å². The molecule has 4 rings (SSSR count). The maximum atomic E-state index is 13.3. The summed E-state index contributed by atoms with van der Waals surface area (Å²) >= 11 is 0. The Labute approximate surface area is 207 Å². The fourth-order valence-electron chi connectivity index (χ4n) is 5.15. The van der Waals surface area contributed by atoms with Crippen molar-refractivity contribution in [1.82, 2.24) is 15.2 Å². The van der Waals surface area contributed by atoms with Gasteiger partial charge in [-0.2, -0.15) is 13.2 Å². The van der Waals surface area contributed by atoms with Crippen LogP contribution in [0.3, 0.4) is 0 Å². The van der Waals surface area contributed by atoms with Crippen molar-refractivity contribution in [2.24, 2.45) is 5.92 Å². The topological polar surface area (TPSA) is 28.2 Å². The van der Waals surface area contributed by atoms with Gasteiger partial charge < -0.3 is 10.2 Å². The Bertz CT molecular complexity index is 988. The first-order valence-electron chi connectivity index (χ1n) is 12.8. The zero-order valence-electron chi connectivity index (χ0n) is 20.5. The molecule has 1 saturated heterocycles. The normalized spacial score (nSPS) is 18.7. The molecule has 0 amide bonds. The number of likely N-dealkylation sites (tertiary alicyclic amines) is 1. The number of allylic oxidation sites excluding steroid dienone is 4. The van der Waals surface area contributed by atoms with E-state index in [1.165, 1.54) is 17.2 Å². The molecule has 188 valence electrons. The zero-order chi connectivity index (χ0) is 24.7. The second-order valence-electron chi connectivity index (χ2n) is 9.82. The predicted octanol–water partition coefficient (Wildman–Crippen LogP) is 6.77. The number of pyridine rings is 1. The smallest absolute Gasteiger partial charge is 0.305 e. The van der Waals surface area contributed by atoms with E-state index >= 15 is 0 Å². The third-order valence-electron chi connectivity index (χ3n) is 7.19. The van der Waals surface area contributed by atoms with Gasteiger partial charge in [0, 0.05) is 6.20 Å². The summed E-state index contributed by atoms with van der Waals surface area (Å²) in [6, 6.07) is 14.7. The van der Waals surface area contributed by atoms with Crippen molar-refractivity contribution in [3.63, 3.8) is 0 Å². The number of nitrogens with zero attached hydrogens (tertiary/aromatic N) is 2. The second kappa shape index (κ2) is 12.0. The van der Waals surface area contributed by atoms with E-state index in [4.69, 9.17) is 0 Å². The number of aromatic nitrogens is 1. The number of nitrogens with one attached hydrogen (secondary N) is 1. The Balaban J connectivity index is 1.24. The number of hydrogen-bond donors (Lipinski definition) is 1. The van der Waals surface area contributed by atoms with E-state index in [2.05, 4.69) is 52.5 Å². The van der Waals surface area contributed by atoms with Gasteiger partial charge >= 0.3 is 6.18 Å². The van der Waals surface area contributed by atoms with E-state index < -0.39 is 11.7 Å². The minimum Gasteiger partial charge on any atom is -0.305 e. The summed E-state index contributed by atoms with van der Waals surface area (Å²) in [5.74, 6) is 0.587. The molecular formula is C29H36F3N3. The van der Waals surface area contributed by atoms with Crippen LogP contribution in [-0.4, -0.2) is 42.2 Å². The molecule has 0 radical (unpaired) electrons. The number of halogens is 3. The zero-order valence-corrected chi connectivity index (χ0v) is 20.5. The van der Waals surface area contributed by atoms with Crippen LogP contribution in [-0.2, 0) is 0 Å². The minimum atomic E-state index is -4.23. The van der Waals surface area contributed by atoms with E-state index in [0.29, 0.717) is 24.3 Å². The van der Waals surface area contributed by atoms with E-state index in [1.807, 2.05) is 18.3 Å². The molecule has 35 heavy (non-hydrogen) atoms. The van der Waals surface area contributed by atoms with Gasteiger partial charge in [0.1, 0.15) is 0 Å². The highest BCUT2D eigenvalue weighted by molar-refractivity contribution is 5.37. The average molecular weight is 484 g/mol. The number of aryl methyl sites for hydroxylation is 1. The molecule has 1 aromatic carbocycles. The molecule has 0 saturated carbocycles. The molecule has 1 unspecified atom stereocenters. The van der Waals surface area contributed by atoms with Gasteiger partial charge in [-0.3, -0.25) is 4.98 Å². The minimum absolute atomic E-state index is 0.0643. The van der Waals surface area contributed by atoms with Crippen LogP contribution in [0.4, 0.5) is 13.2 Å². The average Bonchev–Trinajstić information content (AvgIpc) is 2.86. The Kier molecular flexibility index (Phi) is 8.79. The van der Waals surface area contributed by atoms with Crippen LogP contribution < -0.4 is 5.32 Å². The third kappa shape index (κ3) is 7.28. The maximum Gasteiger partial charge on any atom is 0.416 e. The third-order valence-corrected chi connectivity index (χ3v) is 7.19. The lowest BCUT2D eigenvalue weighted by Crippen LogP contribution is -2.38. The van der Waals surface area contributed by atoms with Crippen LogP contribution >= 0.6 is 0 Å². The van der Waals surface area contributed by atoms with Crippen molar-refractivity contribution in [2.45, 2.75) is 57.7 Å². The quantitative estimate of drug-likeness (QED) is 0.427. The van der Waals surface area contributed by atoms with Crippen molar-refractivity contribution in [2.75, 3.05) is 26.2 Å². The highest BCUT2D eigenvalue weighted by Crippen LogP contribution is 2.36. The summed E-state index contributed by atoms with van der Waals surface area (Å²) in [5, 5.41) is 3.76. The molecule has 1 atom stereocenters. The fraction of sp³-hybridized carbons (Fsp3) is 0.483. The first-order chi connectivity index (χ1) is 16.9. The number of benzene rings is 1. The van der Waals surface area contributed by atoms with Crippen molar-refractivity contribution < 1.29 is 13.2 Å². The van der Waals surface area contributed by atoms with Crippen LogP contribution in [0.15, 0.2) is 72.0 Å². The molecule has 0 spiro atoms. The first-order valence-corrected chi connectivity index (χ1v) is 12.8. The van der Waals surface area contributed by atoms with Gasteiger partial charge in [-0.1, -0.05) is 48.0 Å². The summed E-state index contributed by atoms with van der Waals surface area (Å²) in [5.41, 5.74) is 3.56. The van der Waals surface area contributed by atoms with Gasteiger partial charge in [0.25, 0.3) is 0 Å². The van der Waals surface area contributed by atoms with Crippen LogP contribution in [0.25, 0.3) is 0 Å². The molecule has 1 aromatic heterocycles. The van der Waals surface area contributed by atoms with Crippen molar-refractivity contribution in [1.29, 1.82) is 0 Å². The molecule has 1 N–H and O–H groups in total. The Hall–Kier alpha value is -2.44. The molecule has 2 heterocycles. The maximum absolute atomic E-state index is 13.3. The molecule has 0 bridgehead atoms. The monoisotopic (exact) mass is 483 g/mol. The summed E-state index contributed by atoms with van der Waals surface area (Å²) in [6.07, 6.45) is 5.46. The summed E-state index contributed by atoms with van der Waals surface area (Å²) in [6.45, 7) is 5.90. The number of rotatable bonds is 9. The predicted molar refractivity (Wildman–Crippen MR) is 135 cm³/mol. The van der Waals surface area contributed by atoms with Gasteiger partial charge in [-0.25, -0.2) is 0 Å².